The number of halogens is 2. The summed E-state index contributed by atoms with van der Waals surface area (Å²) >= 11 is -1.88. The van der Waals surface area contributed by atoms with Gasteiger partial charge in [-0.2, -0.15) is 0 Å². The molecule has 0 spiro atoms. The van der Waals surface area contributed by atoms with Crippen molar-refractivity contribution in [2.45, 2.75) is 123 Å². The Morgan fingerprint density at radius 1 is 0.617 bits per heavy atom. The monoisotopic (exact) mass is 926 g/mol. The number of likely N-dealkylation sites (N-methyl/N-ethyl adjacent to an activating group) is 1. The summed E-state index contributed by atoms with van der Waals surface area (Å²) in [6, 6.07) is 43.2. The van der Waals surface area contributed by atoms with E-state index in [1.165, 1.54) is 62.2 Å². The number of hydrogen-bond donors (Lipinski definition) is 0. The molecule has 5 heteroatoms. The van der Waals surface area contributed by atoms with Crippen LogP contribution < -0.4 is 4.90 Å². The second kappa shape index (κ2) is 19.8. The quantitative estimate of drug-likeness (QED) is 0.113. The Bertz CT molecular complexity index is 2240. The molecule has 2 saturated heterocycles. The first-order chi connectivity index (χ1) is 28.7. The van der Waals surface area contributed by atoms with Crippen LogP contribution in [0.4, 0.5) is 5.69 Å². The fraction of sp³-hybridized carbons (Fsp3) is 0.364. The van der Waals surface area contributed by atoms with Crippen molar-refractivity contribution in [3.63, 3.8) is 0 Å². The van der Waals surface area contributed by atoms with Crippen molar-refractivity contribution >= 4 is 34.7 Å². The van der Waals surface area contributed by atoms with E-state index in [1.54, 1.807) is 5.56 Å². The van der Waals surface area contributed by atoms with Crippen LogP contribution in [0.3, 0.4) is 0 Å². The molecule has 60 heavy (non-hydrogen) atoms. The fourth-order valence-corrected chi connectivity index (χ4v) is 12.2. The van der Waals surface area contributed by atoms with Crippen LogP contribution in [-0.4, -0.2) is 27.1 Å². The molecule has 1 aliphatic carbocycles. The number of hydrogen-bond acceptors (Lipinski definition) is 2. The molecule has 8 rings (SSSR count). The third-order valence-corrected chi connectivity index (χ3v) is 16.1. The van der Waals surface area contributed by atoms with Crippen molar-refractivity contribution < 1.29 is 13.5 Å². The van der Waals surface area contributed by atoms with E-state index in [0.717, 1.165) is 36.2 Å². The molecule has 2 nitrogen and oxygen atoms in total. The normalized spacial score (nSPS) is 20.4. The molecule has 0 bridgehead atoms. The molecular formula is C55H66Cl2N2Ru-2. The summed E-state index contributed by atoms with van der Waals surface area (Å²) in [6.45, 7) is 25.8. The van der Waals surface area contributed by atoms with Crippen molar-refractivity contribution in [2.24, 2.45) is 0 Å². The van der Waals surface area contributed by atoms with Crippen molar-refractivity contribution in [2.75, 3.05) is 11.9 Å². The molecule has 2 fully saturated rings. The molecule has 0 saturated carbocycles. The average Bonchev–Trinajstić information content (AvgIpc) is 3.87. The second-order valence-electron chi connectivity index (χ2n) is 18.0. The third-order valence-electron chi connectivity index (χ3n) is 13.0. The predicted molar refractivity (Wildman–Crippen MR) is 259 cm³/mol. The molecule has 5 aromatic rings. The second-order valence-corrected chi connectivity index (χ2v) is 23.8. The summed E-state index contributed by atoms with van der Waals surface area (Å²) in [6.07, 6.45) is 8.93. The molecule has 2 atom stereocenters. The van der Waals surface area contributed by atoms with Gasteiger partial charge in [0.2, 0.25) is 0 Å². The summed E-state index contributed by atoms with van der Waals surface area (Å²) in [4.78, 5) is 4.96. The molecule has 2 unspecified atom stereocenters. The summed E-state index contributed by atoms with van der Waals surface area (Å²) in [5, 5.41) is 0. The third kappa shape index (κ3) is 9.97. The minimum atomic E-state index is -1.88. The Hall–Kier alpha value is -3.33. The topological polar surface area (TPSA) is 6.48 Å². The van der Waals surface area contributed by atoms with Gasteiger partial charge < -0.3 is 9.80 Å². The van der Waals surface area contributed by atoms with Crippen molar-refractivity contribution in [3.05, 3.63) is 191 Å². The Kier molecular flexibility index (Phi) is 15.2. The number of fused-ring (bicyclic) bond motifs is 1. The van der Waals surface area contributed by atoms with Crippen LogP contribution in [0.1, 0.15) is 131 Å². The average molecular weight is 927 g/mol. The number of nitrogens with zero attached hydrogens (tertiary/aromatic N) is 2. The van der Waals surface area contributed by atoms with Gasteiger partial charge in [-0.3, -0.25) is 6.54 Å². The zero-order chi connectivity index (χ0) is 43.2. The van der Waals surface area contributed by atoms with E-state index >= 15 is 0 Å². The van der Waals surface area contributed by atoms with E-state index in [1.807, 2.05) is 24.3 Å². The number of rotatable bonds is 8. The van der Waals surface area contributed by atoms with Crippen LogP contribution in [-0.2, 0) is 44.6 Å². The van der Waals surface area contributed by atoms with Crippen LogP contribution in [0, 0.1) is 13.1 Å². The van der Waals surface area contributed by atoms with E-state index in [9.17, 15) is 0 Å². The van der Waals surface area contributed by atoms with E-state index in [4.69, 9.17) is 19.4 Å². The minimum absolute atomic E-state index is 0.0800. The number of benzene rings is 5. The zero-order valence-electron chi connectivity index (χ0n) is 37.6. The summed E-state index contributed by atoms with van der Waals surface area (Å²) in [5.74, 6) is 0.594. The molecule has 2 heterocycles. The van der Waals surface area contributed by atoms with Crippen molar-refractivity contribution in [3.8, 4) is 0 Å². The van der Waals surface area contributed by atoms with E-state index in [-0.39, 0.29) is 16.5 Å². The summed E-state index contributed by atoms with van der Waals surface area (Å²) in [5.41, 5.74) is 15.8. The Balaban J connectivity index is 0.000000153. The van der Waals surface area contributed by atoms with Crippen LogP contribution in [0.25, 0.3) is 5.57 Å². The van der Waals surface area contributed by atoms with Gasteiger partial charge in [0.25, 0.3) is 0 Å². The zero-order valence-corrected chi connectivity index (χ0v) is 40.9. The number of para-hydroxylation sites is 1. The van der Waals surface area contributed by atoms with Crippen molar-refractivity contribution in [1.29, 1.82) is 0 Å². The summed E-state index contributed by atoms with van der Waals surface area (Å²) in [7, 11) is 14.6. The van der Waals surface area contributed by atoms with Gasteiger partial charge in [-0.05, 0) is 94.6 Å². The molecule has 3 aliphatic rings. The molecule has 0 N–H and O–H groups in total. The molecular weight excluding hydrogens is 861 g/mol. The van der Waals surface area contributed by atoms with Crippen molar-refractivity contribution in [1.82, 2.24) is 4.90 Å². The fourth-order valence-electron chi connectivity index (χ4n) is 9.69. The first-order valence-electron chi connectivity index (χ1n) is 21.9. The molecule has 320 valence electrons. The van der Waals surface area contributed by atoms with Gasteiger partial charge in [-0.1, -0.05) is 119 Å². The van der Waals surface area contributed by atoms with Crippen LogP contribution in [0.5, 0.6) is 0 Å². The molecule has 0 aromatic heterocycles. The number of allylic oxidation sites excluding steroid dienone is 1. The standard InChI is InChI=1S/C23H30N.C17H26N.C15H10.2ClH.Ru/c1-6-18-12-11-13-19(7-2)21(18)24-17-23(5,16-22(24,3)4)20-14-9-8-10-15-20;1-6-13-9-8-10-14(7-2)16(13)15-11-17(3,4)18(5)12-15;1-2-6-12(7-3-1)15-11-10-13-8-4-5-9-14(13)15;;;/h8-15,17H,6-7,16H2,1-5H3;8-10,12,15H,6-7,11H2,1-5H3;1-9,11H;2*1H;/q2*-1;;;;+2/p-2. The number of aryl methyl sites for hydroxylation is 4. The van der Waals surface area contributed by atoms with Crippen LogP contribution in [0.15, 0.2) is 127 Å². The van der Waals surface area contributed by atoms with Gasteiger partial charge in [0.05, 0.1) is 0 Å². The summed E-state index contributed by atoms with van der Waals surface area (Å²) < 4.78 is 1.12. The van der Waals surface area contributed by atoms with E-state index in [2.05, 4.69) is 195 Å². The maximum absolute atomic E-state index is 6.19. The van der Waals surface area contributed by atoms with E-state index < -0.39 is 13.5 Å². The Morgan fingerprint density at radius 2 is 1.12 bits per heavy atom. The van der Waals surface area contributed by atoms with E-state index in [0.29, 0.717) is 5.92 Å². The molecule has 0 amide bonds. The van der Waals surface area contributed by atoms with Gasteiger partial charge in [-0.15, -0.1) is 11.3 Å². The molecule has 5 aromatic carbocycles. The predicted octanol–water partition coefficient (Wildman–Crippen LogP) is 14.7. The molecule has 2 aliphatic heterocycles. The maximum atomic E-state index is 6.19. The van der Waals surface area contributed by atoms with Gasteiger partial charge in [-0.25, -0.2) is 6.54 Å². The number of likely N-dealkylation sites (tertiary alicyclic amines) is 1. The first kappa shape index (κ1) is 46.2. The van der Waals surface area contributed by atoms with Gasteiger partial charge in [0.1, 0.15) is 0 Å². The van der Waals surface area contributed by atoms with Crippen LogP contribution in [0.2, 0.25) is 0 Å². The Morgan fingerprint density at radius 3 is 1.62 bits per heavy atom. The van der Waals surface area contributed by atoms with Gasteiger partial charge in [0, 0.05) is 11.2 Å². The van der Waals surface area contributed by atoms with Gasteiger partial charge >= 0.3 is 120 Å². The number of anilines is 1. The Labute approximate surface area is 376 Å². The van der Waals surface area contributed by atoms with Crippen LogP contribution >= 0.6 is 19.4 Å². The molecule has 0 radical (unpaired) electrons. The first-order valence-corrected chi connectivity index (χ1v) is 27.3. The SMILES string of the molecule is CCc1cccc(CC)c1C1[CH-]N(C)C(C)(C)C1.CCc1cccc(CC)c1N1[CH-]C(C)(c2ccccc2)CC1(C)C.[Cl][Ru]([Cl])=[C]1C=C(c2ccccc2)c2ccccc21. The van der Waals surface area contributed by atoms with Gasteiger partial charge in [0.15, 0.2) is 0 Å².